The average molecular weight is 292 g/mol. The zero-order valence-electron chi connectivity index (χ0n) is 10.0. The van der Waals surface area contributed by atoms with E-state index in [0.717, 1.165) is 4.31 Å². The van der Waals surface area contributed by atoms with Gasteiger partial charge in [0.1, 0.15) is 0 Å². The van der Waals surface area contributed by atoms with Crippen molar-refractivity contribution in [2.75, 3.05) is 36.8 Å². The van der Waals surface area contributed by atoms with E-state index in [1.54, 1.807) is 23.2 Å². The average Bonchev–Trinajstić information content (AvgIpc) is 2.39. The lowest BCUT2D eigenvalue weighted by atomic mass is 10.3. The summed E-state index contributed by atoms with van der Waals surface area (Å²) in [6.07, 6.45) is 1.58. The van der Waals surface area contributed by atoms with E-state index in [2.05, 4.69) is 4.98 Å². The van der Waals surface area contributed by atoms with Gasteiger partial charge in [0.05, 0.1) is 5.69 Å². The van der Waals surface area contributed by atoms with Crippen LogP contribution in [0.15, 0.2) is 18.3 Å². The Kier molecular flexibility index (Phi) is 3.85. The number of nitrogens with two attached hydrogens (primary N) is 1. The van der Waals surface area contributed by atoms with Gasteiger partial charge in [0.2, 0.25) is 0 Å². The van der Waals surface area contributed by atoms with E-state index in [-0.39, 0.29) is 26.2 Å². The van der Waals surface area contributed by atoms with Gasteiger partial charge in [-0.25, -0.2) is 13.4 Å². The number of piperazine rings is 1. The molecule has 19 heavy (non-hydrogen) atoms. The van der Waals surface area contributed by atoms with E-state index in [9.17, 15) is 17.2 Å². The molecule has 0 spiro atoms. The lowest BCUT2D eigenvalue weighted by Gasteiger charge is -2.34. The fourth-order valence-electron chi connectivity index (χ4n) is 1.94. The predicted molar refractivity (Wildman–Crippen MR) is 67.4 cm³/mol. The van der Waals surface area contributed by atoms with Crippen molar-refractivity contribution in [2.24, 2.45) is 0 Å². The number of alkyl halides is 2. The number of nitrogens with zero attached hydrogens (tertiary/aromatic N) is 3. The van der Waals surface area contributed by atoms with Crippen molar-refractivity contribution < 1.29 is 17.2 Å². The molecule has 1 aliphatic rings. The van der Waals surface area contributed by atoms with Gasteiger partial charge < -0.3 is 10.6 Å². The van der Waals surface area contributed by atoms with Crippen molar-refractivity contribution in [3.8, 4) is 0 Å². The van der Waals surface area contributed by atoms with Gasteiger partial charge in [0.25, 0.3) is 10.0 Å². The number of pyridine rings is 1. The summed E-state index contributed by atoms with van der Waals surface area (Å²) in [4.78, 5) is 5.89. The third kappa shape index (κ3) is 2.76. The van der Waals surface area contributed by atoms with Crippen molar-refractivity contribution in [3.63, 3.8) is 0 Å². The summed E-state index contributed by atoms with van der Waals surface area (Å²) in [5.74, 6) is -2.82. The van der Waals surface area contributed by atoms with Gasteiger partial charge in [-0.3, -0.25) is 0 Å². The number of aromatic nitrogens is 1. The van der Waals surface area contributed by atoms with E-state index in [4.69, 9.17) is 5.73 Å². The highest BCUT2D eigenvalue weighted by Crippen LogP contribution is 2.22. The molecule has 0 amide bonds. The molecule has 1 saturated heterocycles. The first kappa shape index (κ1) is 13.9. The second kappa shape index (κ2) is 5.25. The van der Waals surface area contributed by atoms with E-state index in [1.807, 2.05) is 0 Å². The SMILES string of the molecule is Nc1cccnc1N1CCN(S(=O)(=O)C(F)F)CC1. The second-order valence-corrected chi connectivity index (χ2v) is 6.01. The summed E-state index contributed by atoms with van der Waals surface area (Å²) in [6.45, 7) is 0.575. The van der Waals surface area contributed by atoms with Crippen molar-refractivity contribution in [2.45, 2.75) is 5.76 Å². The molecule has 1 aliphatic heterocycles. The van der Waals surface area contributed by atoms with Crippen LogP contribution in [-0.2, 0) is 10.0 Å². The van der Waals surface area contributed by atoms with Crippen LogP contribution in [0.2, 0.25) is 0 Å². The molecule has 0 aliphatic carbocycles. The molecule has 0 bridgehead atoms. The molecule has 1 fully saturated rings. The molecule has 0 radical (unpaired) electrons. The zero-order chi connectivity index (χ0) is 14.0. The van der Waals surface area contributed by atoms with Crippen molar-refractivity contribution >= 4 is 21.5 Å². The van der Waals surface area contributed by atoms with Gasteiger partial charge in [0, 0.05) is 32.4 Å². The van der Waals surface area contributed by atoms with Gasteiger partial charge in [-0.15, -0.1) is 0 Å². The topological polar surface area (TPSA) is 79.5 Å². The zero-order valence-corrected chi connectivity index (χ0v) is 10.9. The normalized spacial score (nSPS) is 17.9. The van der Waals surface area contributed by atoms with Crippen LogP contribution in [0.3, 0.4) is 0 Å². The van der Waals surface area contributed by atoms with Crippen LogP contribution < -0.4 is 10.6 Å². The molecule has 1 aromatic rings. The van der Waals surface area contributed by atoms with Crippen LogP contribution in [0.5, 0.6) is 0 Å². The smallest absolute Gasteiger partial charge is 0.350 e. The van der Waals surface area contributed by atoms with Crippen LogP contribution in [0.1, 0.15) is 0 Å². The Morgan fingerprint density at radius 1 is 1.26 bits per heavy atom. The predicted octanol–water partition coefficient (Wildman–Crippen LogP) is 0.338. The Balaban J connectivity index is 2.06. The standard InChI is InChI=1S/C10H14F2N4O2S/c11-10(12)19(17,18)16-6-4-15(5-7-16)9-8(13)2-1-3-14-9/h1-3,10H,4-7,13H2. The van der Waals surface area contributed by atoms with Crippen LogP contribution in [0, 0.1) is 0 Å². The Labute approximate surface area is 109 Å². The molecule has 6 nitrogen and oxygen atoms in total. The van der Waals surface area contributed by atoms with E-state index >= 15 is 0 Å². The van der Waals surface area contributed by atoms with Gasteiger partial charge in [-0.2, -0.15) is 13.1 Å². The minimum Gasteiger partial charge on any atom is -0.396 e. The molecule has 2 heterocycles. The van der Waals surface area contributed by atoms with Crippen LogP contribution in [0.25, 0.3) is 0 Å². The van der Waals surface area contributed by atoms with Gasteiger partial charge in [0.15, 0.2) is 5.82 Å². The summed E-state index contributed by atoms with van der Waals surface area (Å²) < 4.78 is 48.2. The summed E-state index contributed by atoms with van der Waals surface area (Å²) in [5, 5.41) is 0. The third-order valence-corrected chi connectivity index (χ3v) is 4.48. The highest BCUT2D eigenvalue weighted by molar-refractivity contribution is 7.89. The minimum absolute atomic E-state index is 0.00267. The van der Waals surface area contributed by atoms with E-state index in [0.29, 0.717) is 11.5 Å². The summed E-state index contributed by atoms with van der Waals surface area (Å²) in [7, 11) is -4.49. The maximum absolute atomic E-state index is 12.4. The first-order chi connectivity index (χ1) is 8.93. The minimum atomic E-state index is -4.49. The monoisotopic (exact) mass is 292 g/mol. The maximum Gasteiger partial charge on any atom is 0.350 e. The molecule has 2 rings (SSSR count). The van der Waals surface area contributed by atoms with Crippen molar-refractivity contribution in [3.05, 3.63) is 18.3 Å². The summed E-state index contributed by atoms with van der Waals surface area (Å²) in [6, 6.07) is 3.38. The Bertz CT molecular complexity index is 544. The number of anilines is 2. The fraction of sp³-hybridized carbons (Fsp3) is 0.500. The maximum atomic E-state index is 12.4. The molecule has 2 N–H and O–H groups in total. The third-order valence-electron chi connectivity index (χ3n) is 2.94. The highest BCUT2D eigenvalue weighted by atomic mass is 32.2. The van der Waals surface area contributed by atoms with Crippen LogP contribution in [-0.4, -0.2) is 49.6 Å². The summed E-state index contributed by atoms with van der Waals surface area (Å²) in [5.41, 5.74) is 6.24. The number of nitrogen functional groups attached to an aromatic ring is 1. The first-order valence-electron chi connectivity index (χ1n) is 5.65. The van der Waals surface area contributed by atoms with Crippen molar-refractivity contribution in [1.82, 2.24) is 9.29 Å². The van der Waals surface area contributed by atoms with Crippen molar-refractivity contribution in [1.29, 1.82) is 0 Å². The molecule has 0 unspecified atom stereocenters. The Morgan fingerprint density at radius 3 is 2.42 bits per heavy atom. The molecule has 106 valence electrons. The molecule has 1 aromatic heterocycles. The number of rotatable bonds is 3. The molecule has 0 saturated carbocycles. The Morgan fingerprint density at radius 2 is 1.89 bits per heavy atom. The number of sulfonamides is 1. The van der Waals surface area contributed by atoms with Crippen LogP contribution >= 0.6 is 0 Å². The number of halogens is 2. The lowest BCUT2D eigenvalue weighted by Crippen LogP contribution is -2.50. The van der Waals surface area contributed by atoms with Crippen LogP contribution in [0.4, 0.5) is 20.3 Å². The Hall–Kier alpha value is -1.48. The molecular formula is C10H14F2N4O2S. The van der Waals surface area contributed by atoms with Gasteiger partial charge in [-0.05, 0) is 12.1 Å². The molecule has 0 atom stereocenters. The van der Waals surface area contributed by atoms with E-state index < -0.39 is 15.8 Å². The number of hydrogen-bond acceptors (Lipinski definition) is 5. The lowest BCUT2D eigenvalue weighted by molar-refractivity contribution is 0.217. The molecule has 0 aromatic carbocycles. The largest absolute Gasteiger partial charge is 0.396 e. The van der Waals surface area contributed by atoms with E-state index in [1.165, 1.54) is 0 Å². The number of hydrogen-bond donors (Lipinski definition) is 1. The first-order valence-corrected chi connectivity index (χ1v) is 7.16. The summed E-state index contributed by atoms with van der Waals surface area (Å²) >= 11 is 0. The quantitative estimate of drug-likeness (QED) is 0.869. The van der Waals surface area contributed by atoms with Gasteiger partial charge >= 0.3 is 5.76 Å². The fourth-order valence-corrected chi connectivity index (χ4v) is 2.84. The highest BCUT2D eigenvalue weighted by Gasteiger charge is 2.34. The van der Waals surface area contributed by atoms with Gasteiger partial charge in [-0.1, -0.05) is 0 Å². The second-order valence-electron chi connectivity index (χ2n) is 4.11. The molecule has 9 heteroatoms. The molecular weight excluding hydrogens is 278 g/mol.